The molecule has 0 saturated heterocycles. The summed E-state index contributed by atoms with van der Waals surface area (Å²) in [5.74, 6) is 0. The molecular formula is C24H16N4. The van der Waals surface area contributed by atoms with E-state index in [1.54, 1.807) is 0 Å². The summed E-state index contributed by atoms with van der Waals surface area (Å²) in [6.45, 7) is 0. The highest BCUT2D eigenvalue weighted by atomic mass is 15.1. The van der Waals surface area contributed by atoms with Crippen molar-refractivity contribution >= 4 is 55.0 Å². The molecule has 4 heteroatoms. The topological polar surface area (TPSA) is 56.3 Å². The number of nitrogens with zero attached hydrogens (tertiary/aromatic N) is 2. The Morgan fingerprint density at radius 1 is 0.429 bits per heavy atom. The maximum Gasteiger partial charge on any atom is 0.0864 e. The molecule has 0 fully saturated rings. The number of rotatable bonds is 2. The van der Waals surface area contributed by atoms with Crippen molar-refractivity contribution in [2.45, 2.75) is 0 Å². The molecule has 4 nitrogen and oxygen atoms in total. The van der Waals surface area contributed by atoms with E-state index in [0.29, 0.717) is 0 Å². The molecule has 132 valence electrons. The van der Waals surface area contributed by atoms with E-state index in [1.807, 2.05) is 24.3 Å². The summed E-state index contributed by atoms with van der Waals surface area (Å²) in [5.41, 5.74) is 6.18. The van der Waals surface area contributed by atoms with E-state index in [0.717, 1.165) is 33.4 Å². The predicted octanol–water partition coefficient (Wildman–Crippen LogP) is 7.37. The first-order valence-electron chi connectivity index (χ1n) is 9.28. The minimum atomic E-state index is 0.844. The van der Waals surface area contributed by atoms with Gasteiger partial charge in [0.1, 0.15) is 0 Å². The molecule has 0 amide bonds. The first kappa shape index (κ1) is 15.2. The molecule has 0 spiro atoms. The number of para-hydroxylation sites is 2. The predicted molar refractivity (Wildman–Crippen MR) is 116 cm³/mol. The molecule has 0 radical (unpaired) electrons. The quantitative estimate of drug-likeness (QED) is 0.303. The lowest BCUT2D eigenvalue weighted by Crippen LogP contribution is -1.70. The zero-order chi connectivity index (χ0) is 18.5. The molecular weight excluding hydrogens is 344 g/mol. The van der Waals surface area contributed by atoms with Gasteiger partial charge in [-0.3, -0.25) is 0 Å². The zero-order valence-corrected chi connectivity index (χ0v) is 15.0. The van der Waals surface area contributed by atoms with Gasteiger partial charge in [-0.15, -0.1) is 0 Å². The fraction of sp³-hybridized carbons (Fsp3) is 0. The lowest BCUT2D eigenvalue weighted by atomic mass is 10.1. The van der Waals surface area contributed by atoms with Crippen molar-refractivity contribution < 1.29 is 0 Å². The standard InChI is InChI=1S/C24H16N4/c1-3-7-21-17(5-1)19-13-15(9-11-23(19)25-21)27-28-16-10-12-24-20(14-16)18-6-2-4-8-22(18)26-24/h1-14,25-26H. The van der Waals surface area contributed by atoms with Crippen molar-refractivity contribution in [3.8, 4) is 0 Å². The molecule has 28 heavy (non-hydrogen) atoms. The van der Waals surface area contributed by atoms with Crippen molar-refractivity contribution in [2.24, 2.45) is 10.2 Å². The number of hydrogen-bond donors (Lipinski definition) is 2. The number of hydrogen-bond acceptors (Lipinski definition) is 2. The Hall–Kier alpha value is -3.92. The highest BCUT2D eigenvalue weighted by Crippen LogP contribution is 2.31. The Morgan fingerprint density at radius 3 is 1.36 bits per heavy atom. The Bertz CT molecular complexity index is 1400. The summed E-state index contributed by atoms with van der Waals surface area (Å²) < 4.78 is 0. The molecule has 0 atom stereocenters. The van der Waals surface area contributed by atoms with Crippen LogP contribution in [0, 0.1) is 0 Å². The van der Waals surface area contributed by atoms with Gasteiger partial charge in [0.25, 0.3) is 0 Å². The molecule has 2 aromatic heterocycles. The Kier molecular flexibility index (Phi) is 3.14. The molecule has 4 aromatic carbocycles. The molecule has 0 saturated carbocycles. The van der Waals surface area contributed by atoms with Gasteiger partial charge in [-0.25, -0.2) is 0 Å². The van der Waals surface area contributed by atoms with Crippen LogP contribution in [0.15, 0.2) is 95.2 Å². The third-order valence-electron chi connectivity index (χ3n) is 5.26. The average Bonchev–Trinajstić information content (AvgIpc) is 3.30. The zero-order valence-electron chi connectivity index (χ0n) is 15.0. The van der Waals surface area contributed by atoms with Gasteiger partial charge < -0.3 is 9.97 Å². The molecule has 0 bridgehead atoms. The summed E-state index contributed by atoms with van der Waals surface area (Å²) in [7, 11) is 0. The highest BCUT2D eigenvalue weighted by Gasteiger charge is 2.06. The van der Waals surface area contributed by atoms with E-state index >= 15 is 0 Å². The van der Waals surface area contributed by atoms with Gasteiger partial charge in [0.05, 0.1) is 11.4 Å². The highest BCUT2D eigenvalue weighted by molar-refractivity contribution is 6.09. The second-order valence-electron chi connectivity index (χ2n) is 7.00. The monoisotopic (exact) mass is 360 g/mol. The van der Waals surface area contributed by atoms with Crippen LogP contribution in [0.2, 0.25) is 0 Å². The number of H-pyrrole nitrogens is 2. The molecule has 0 aliphatic heterocycles. The van der Waals surface area contributed by atoms with Gasteiger partial charge in [-0.2, -0.15) is 10.2 Å². The number of azo groups is 1. The van der Waals surface area contributed by atoms with Crippen LogP contribution >= 0.6 is 0 Å². The third-order valence-corrected chi connectivity index (χ3v) is 5.26. The summed E-state index contributed by atoms with van der Waals surface area (Å²) in [5, 5.41) is 13.7. The molecule has 2 N–H and O–H groups in total. The van der Waals surface area contributed by atoms with Crippen molar-refractivity contribution in [1.29, 1.82) is 0 Å². The molecule has 0 aliphatic rings. The van der Waals surface area contributed by atoms with E-state index in [2.05, 4.69) is 80.9 Å². The summed E-state index contributed by atoms with van der Waals surface area (Å²) in [6.07, 6.45) is 0. The number of aromatic nitrogens is 2. The molecule has 6 rings (SSSR count). The van der Waals surface area contributed by atoms with Crippen molar-refractivity contribution in [1.82, 2.24) is 9.97 Å². The Labute approximate surface area is 160 Å². The first-order valence-corrected chi connectivity index (χ1v) is 9.28. The molecule has 2 heterocycles. The van der Waals surface area contributed by atoms with Crippen LogP contribution in [-0.2, 0) is 0 Å². The number of aromatic amines is 2. The van der Waals surface area contributed by atoms with Gasteiger partial charge in [-0.05, 0) is 48.5 Å². The van der Waals surface area contributed by atoms with Crippen molar-refractivity contribution in [2.75, 3.05) is 0 Å². The van der Waals surface area contributed by atoms with Crippen LogP contribution in [0.3, 0.4) is 0 Å². The second-order valence-corrected chi connectivity index (χ2v) is 7.00. The van der Waals surface area contributed by atoms with E-state index in [1.165, 1.54) is 21.5 Å². The van der Waals surface area contributed by atoms with E-state index in [-0.39, 0.29) is 0 Å². The van der Waals surface area contributed by atoms with Crippen molar-refractivity contribution in [3.63, 3.8) is 0 Å². The Morgan fingerprint density at radius 2 is 0.857 bits per heavy atom. The largest absolute Gasteiger partial charge is 0.355 e. The first-order chi connectivity index (χ1) is 13.8. The van der Waals surface area contributed by atoms with Gasteiger partial charge in [-0.1, -0.05) is 36.4 Å². The fourth-order valence-corrected chi connectivity index (χ4v) is 3.91. The Balaban J connectivity index is 1.43. The number of benzene rings is 4. The lowest BCUT2D eigenvalue weighted by molar-refractivity contribution is 1.24. The fourth-order valence-electron chi connectivity index (χ4n) is 3.91. The van der Waals surface area contributed by atoms with Crippen LogP contribution in [-0.4, -0.2) is 9.97 Å². The molecule has 0 unspecified atom stereocenters. The van der Waals surface area contributed by atoms with Gasteiger partial charge in [0.2, 0.25) is 0 Å². The van der Waals surface area contributed by atoms with Crippen molar-refractivity contribution in [3.05, 3.63) is 84.9 Å². The normalized spacial score (nSPS) is 12.1. The molecule has 0 aliphatic carbocycles. The minimum absolute atomic E-state index is 0.844. The van der Waals surface area contributed by atoms with Crippen LogP contribution in [0.1, 0.15) is 0 Å². The van der Waals surface area contributed by atoms with Gasteiger partial charge in [0, 0.05) is 43.6 Å². The minimum Gasteiger partial charge on any atom is -0.355 e. The van der Waals surface area contributed by atoms with Gasteiger partial charge in [0.15, 0.2) is 0 Å². The van der Waals surface area contributed by atoms with E-state index in [4.69, 9.17) is 0 Å². The maximum absolute atomic E-state index is 4.49. The SMILES string of the molecule is c1ccc2c(c1)[nH]c1ccc(N=Nc3ccc4[nH]c5ccccc5c4c3)cc12. The summed E-state index contributed by atoms with van der Waals surface area (Å²) >= 11 is 0. The van der Waals surface area contributed by atoms with Crippen LogP contribution < -0.4 is 0 Å². The van der Waals surface area contributed by atoms with Gasteiger partial charge >= 0.3 is 0 Å². The summed E-state index contributed by atoms with van der Waals surface area (Å²) in [4.78, 5) is 6.87. The number of nitrogens with one attached hydrogen (secondary N) is 2. The summed E-state index contributed by atoms with van der Waals surface area (Å²) in [6, 6.07) is 28.9. The lowest BCUT2D eigenvalue weighted by Gasteiger charge is -1.96. The molecule has 6 aromatic rings. The second kappa shape index (κ2) is 5.79. The van der Waals surface area contributed by atoms with Crippen LogP contribution in [0.5, 0.6) is 0 Å². The van der Waals surface area contributed by atoms with Crippen LogP contribution in [0.25, 0.3) is 43.6 Å². The number of fused-ring (bicyclic) bond motifs is 6. The average molecular weight is 360 g/mol. The maximum atomic E-state index is 4.49. The van der Waals surface area contributed by atoms with E-state index < -0.39 is 0 Å². The smallest absolute Gasteiger partial charge is 0.0864 e. The van der Waals surface area contributed by atoms with Crippen LogP contribution in [0.4, 0.5) is 11.4 Å². The third kappa shape index (κ3) is 2.32. The van der Waals surface area contributed by atoms with E-state index in [9.17, 15) is 0 Å².